The van der Waals surface area contributed by atoms with E-state index < -0.39 is 0 Å². The third kappa shape index (κ3) is 9.97. The van der Waals surface area contributed by atoms with Crippen LogP contribution in [-0.4, -0.2) is 0 Å². The molecule has 260 valence electrons. The molecule has 0 bridgehead atoms. The van der Waals surface area contributed by atoms with E-state index in [1.54, 1.807) is 52.9 Å². The standard InChI is InChI=1S/C13H18.2C11H16S.C11H14/c1-10(2)12-8-7-11-5-3-4-6-13(11)9-12;2*1-8(2)11-7-9-5-3-4-6-10(9)12-11;1-8(2)10-5-3-9-4-6-11(9)7-10/h7-10H,3-6H2,1-2H3;2*7-8H,3-6H2,1-2H3;3,5,7-8H,4,6H2,1-2H3. The summed E-state index contributed by atoms with van der Waals surface area (Å²) in [5.41, 5.74) is 12.6. The van der Waals surface area contributed by atoms with E-state index in [9.17, 15) is 0 Å². The Labute approximate surface area is 302 Å². The molecule has 0 amide bonds. The minimum atomic E-state index is 0.673. The highest BCUT2D eigenvalue weighted by atomic mass is 32.1. The number of hydrogen-bond donors (Lipinski definition) is 0. The second kappa shape index (κ2) is 17.7. The van der Waals surface area contributed by atoms with Crippen LogP contribution in [0.5, 0.6) is 0 Å². The van der Waals surface area contributed by atoms with E-state index in [0.717, 1.165) is 11.8 Å². The zero-order valence-electron chi connectivity index (χ0n) is 31.6. The van der Waals surface area contributed by atoms with Gasteiger partial charge in [0.05, 0.1) is 0 Å². The molecule has 0 fully saturated rings. The summed E-state index contributed by atoms with van der Waals surface area (Å²) in [7, 11) is 0. The summed E-state index contributed by atoms with van der Waals surface area (Å²) in [6, 6.07) is 18.8. The quantitative estimate of drug-likeness (QED) is 0.201. The number of thiophene rings is 2. The Kier molecular flexibility index (Phi) is 13.7. The third-order valence-corrected chi connectivity index (χ3v) is 13.8. The molecule has 4 aliphatic carbocycles. The van der Waals surface area contributed by atoms with Crippen molar-refractivity contribution in [3.63, 3.8) is 0 Å². The van der Waals surface area contributed by atoms with Gasteiger partial charge >= 0.3 is 0 Å². The zero-order chi connectivity index (χ0) is 34.2. The summed E-state index contributed by atoms with van der Waals surface area (Å²) in [6.45, 7) is 18.2. The van der Waals surface area contributed by atoms with Gasteiger partial charge in [-0.25, -0.2) is 0 Å². The van der Waals surface area contributed by atoms with Crippen molar-refractivity contribution < 1.29 is 0 Å². The van der Waals surface area contributed by atoms with Crippen LogP contribution in [0.3, 0.4) is 0 Å². The maximum atomic E-state index is 2.43. The van der Waals surface area contributed by atoms with Crippen molar-refractivity contribution in [3.8, 4) is 0 Å². The van der Waals surface area contributed by atoms with Crippen molar-refractivity contribution in [2.75, 3.05) is 0 Å². The second-order valence-corrected chi connectivity index (χ2v) is 18.3. The van der Waals surface area contributed by atoms with Crippen LogP contribution in [0.25, 0.3) is 0 Å². The van der Waals surface area contributed by atoms with Gasteiger partial charge in [0.25, 0.3) is 0 Å². The molecule has 48 heavy (non-hydrogen) atoms. The molecule has 0 atom stereocenters. The predicted octanol–water partition coefficient (Wildman–Crippen LogP) is 14.1. The summed E-state index contributed by atoms with van der Waals surface area (Å²) in [5.74, 6) is 2.80. The molecule has 0 aliphatic heterocycles. The normalized spacial score (nSPS) is 15.9. The summed E-state index contributed by atoms with van der Waals surface area (Å²) >= 11 is 4.09. The van der Waals surface area contributed by atoms with Crippen LogP contribution in [0.15, 0.2) is 48.5 Å². The predicted molar refractivity (Wildman–Crippen MR) is 215 cm³/mol. The highest BCUT2D eigenvalue weighted by Gasteiger charge is 2.16. The van der Waals surface area contributed by atoms with Crippen LogP contribution in [0, 0.1) is 0 Å². The van der Waals surface area contributed by atoms with Crippen molar-refractivity contribution in [1.82, 2.24) is 0 Å². The number of aryl methyl sites for hydroxylation is 8. The fraction of sp³-hybridized carbons (Fsp3) is 0.565. The molecule has 0 spiro atoms. The number of hydrogen-bond acceptors (Lipinski definition) is 2. The SMILES string of the molecule is CC(C)c1cc2c(s1)CCCC2.CC(C)c1cc2c(s1)CCCC2.CC(C)c1ccc2c(c1)CC2.CC(C)c1ccc2c(c1)CCCC2. The molecule has 0 saturated carbocycles. The molecule has 8 rings (SSSR count). The Morgan fingerprint density at radius 2 is 0.708 bits per heavy atom. The van der Waals surface area contributed by atoms with Crippen LogP contribution < -0.4 is 0 Å². The molecular weight excluding hydrogens is 617 g/mol. The van der Waals surface area contributed by atoms with Crippen LogP contribution >= 0.6 is 22.7 Å². The fourth-order valence-corrected chi connectivity index (χ4v) is 9.80. The van der Waals surface area contributed by atoms with Crippen molar-refractivity contribution in [3.05, 3.63) is 113 Å². The van der Waals surface area contributed by atoms with Gasteiger partial charge in [0, 0.05) is 19.5 Å². The first-order valence-corrected chi connectivity index (χ1v) is 21.2. The molecule has 0 radical (unpaired) electrons. The minimum Gasteiger partial charge on any atom is -0.145 e. The van der Waals surface area contributed by atoms with Gasteiger partial charge in [0.1, 0.15) is 0 Å². The highest BCUT2D eigenvalue weighted by molar-refractivity contribution is 7.12. The van der Waals surface area contributed by atoms with Gasteiger partial charge in [-0.1, -0.05) is 91.8 Å². The van der Waals surface area contributed by atoms with E-state index in [4.69, 9.17) is 0 Å². The molecule has 2 heteroatoms. The fourth-order valence-electron chi connectivity index (χ4n) is 7.28. The van der Waals surface area contributed by atoms with E-state index in [0.29, 0.717) is 11.8 Å². The number of fused-ring (bicyclic) bond motifs is 4. The van der Waals surface area contributed by atoms with E-state index in [1.807, 2.05) is 22.7 Å². The van der Waals surface area contributed by atoms with E-state index in [2.05, 4.69) is 104 Å². The second-order valence-electron chi connectivity index (χ2n) is 16.0. The van der Waals surface area contributed by atoms with Crippen molar-refractivity contribution in [1.29, 1.82) is 0 Å². The summed E-state index contributed by atoms with van der Waals surface area (Å²) in [5, 5.41) is 0. The average molecular weight is 681 g/mol. The number of rotatable bonds is 4. The first kappa shape index (κ1) is 37.1. The van der Waals surface area contributed by atoms with E-state index in [1.165, 1.54) is 101 Å². The van der Waals surface area contributed by atoms with Gasteiger partial charge in [0.15, 0.2) is 0 Å². The molecule has 2 aromatic carbocycles. The molecule has 0 unspecified atom stereocenters. The van der Waals surface area contributed by atoms with Gasteiger partial charge in [0.2, 0.25) is 0 Å². The van der Waals surface area contributed by atoms with Crippen molar-refractivity contribution >= 4 is 22.7 Å². The first-order chi connectivity index (χ1) is 23.1. The molecule has 0 saturated heterocycles. The lowest BCUT2D eigenvalue weighted by Gasteiger charge is -2.20. The largest absolute Gasteiger partial charge is 0.145 e. The maximum absolute atomic E-state index is 2.43. The van der Waals surface area contributed by atoms with Crippen LogP contribution in [-0.2, 0) is 51.4 Å². The minimum absolute atomic E-state index is 0.673. The average Bonchev–Trinajstić information content (AvgIpc) is 3.71. The smallest absolute Gasteiger partial charge is 0.00802 e. The molecule has 0 nitrogen and oxygen atoms in total. The Hall–Kier alpha value is -2.16. The van der Waals surface area contributed by atoms with Crippen molar-refractivity contribution in [2.24, 2.45) is 0 Å². The van der Waals surface area contributed by atoms with Crippen LogP contribution in [0.2, 0.25) is 0 Å². The van der Waals surface area contributed by atoms with Gasteiger partial charge in [-0.2, -0.15) is 0 Å². The van der Waals surface area contributed by atoms with E-state index >= 15 is 0 Å². The van der Waals surface area contributed by atoms with Crippen molar-refractivity contribution in [2.45, 2.75) is 169 Å². The summed E-state index contributed by atoms with van der Waals surface area (Å²) < 4.78 is 0. The van der Waals surface area contributed by atoms with Gasteiger partial charge in [-0.3, -0.25) is 0 Å². The lowest BCUT2D eigenvalue weighted by Crippen LogP contribution is -2.08. The van der Waals surface area contributed by atoms with Crippen LogP contribution in [0.4, 0.5) is 0 Å². The molecule has 2 aromatic heterocycles. The number of benzene rings is 2. The Morgan fingerprint density at radius 3 is 1.06 bits per heavy atom. The topological polar surface area (TPSA) is 0 Å². The summed E-state index contributed by atoms with van der Waals surface area (Å²) in [4.78, 5) is 6.51. The Morgan fingerprint density at radius 1 is 0.354 bits per heavy atom. The molecule has 2 heterocycles. The Balaban J connectivity index is 0.000000125. The Bertz CT molecular complexity index is 1480. The molecule has 4 aliphatic rings. The lowest BCUT2D eigenvalue weighted by molar-refractivity contribution is 0.682. The molecule has 0 N–H and O–H groups in total. The van der Waals surface area contributed by atoms with Gasteiger partial charge in [-0.05, 0) is 170 Å². The van der Waals surface area contributed by atoms with Gasteiger partial charge in [-0.15, -0.1) is 22.7 Å². The third-order valence-electron chi connectivity index (χ3n) is 10.8. The zero-order valence-corrected chi connectivity index (χ0v) is 33.3. The lowest BCUT2D eigenvalue weighted by atomic mass is 9.85. The molecular formula is C46H64S2. The van der Waals surface area contributed by atoms with Crippen LogP contribution in [0.1, 0.15) is 182 Å². The maximum Gasteiger partial charge on any atom is 0.00802 e. The molecule has 4 aromatic rings. The highest BCUT2D eigenvalue weighted by Crippen LogP contribution is 2.34. The first-order valence-electron chi connectivity index (χ1n) is 19.5. The monoisotopic (exact) mass is 680 g/mol. The van der Waals surface area contributed by atoms with Gasteiger partial charge < -0.3 is 0 Å². The van der Waals surface area contributed by atoms with E-state index in [-0.39, 0.29) is 0 Å². The summed E-state index contributed by atoms with van der Waals surface area (Å²) in [6.07, 6.45) is 18.9.